The molecule has 0 spiro atoms. The molecule has 0 radical (unpaired) electrons. The minimum atomic E-state index is -1.62. The van der Waals surface area contributed by atoms with Gasteiger partial charge in [-0.3, -0.25) is 0 Å². The molecule has 0 aromatic heterocycles. The fraction of sp³-hybridized carbons (Fsp3) is 0.636. The summed E-state index contributed by atoms with van der Waals surface area (Å²) in [5.41, 5.74) is 10.8. The maximum atomic E-state index is 2.68. The van der Waals surface area contributed by atoms with E-state index in [1.54, 1.807) is 11.1 Å². The van der Waals surface area contributed by atoms with Crippen molar-refractivity contribution in [2.75, 3.05) is 0 Å². The molecule has 0 N–H and O–H groups in total. The first-order chi connectivity index (χ1) is 11.9. The van der Waals surface area contributed by atoms with Gasteiger partial charge in [-0.15, -0.1) is 0 Å². The Bertz CT molecular complexity index is 686. The normalized spacial score (nSPS) is 30.6. The second kappa shape index (κ2) is 6.76. The van der Waals surface area contributed by atoms with E-state index in [1.165, 1.54) is 51.4 Å². The zero-order valence-electron chi connectivity index (χ0n) is 17.3. The van der Waals surface area contributed by atoms with Crippen LogP contribution in [0.3, 0.4) is 0 Å². The Morgan fingerprint density at radius 3 is 1.44 bits per heavy atom. The van der Waals surface area contributed by atoms with Crippen LogP contribution < -0.4 is 0 Å². The molecule has 0 fully saturated rings. The standard InChI is InChI=1S/C22H30Si.2Li/c1-15-13-17-9-5-7-11-19(17)21(15)23(3,4)22-16(2)14-18-10-6-8-12-20(18)22;;/h13-14H,5-12H2,1-4H3;;. The van der Waals surface area contributed by atoms with E-state index < -0.39 is 8.07 Å². The summed E-state index contributed by atoms with van der Waals surface area (Å²) in [4.78, 5) is 0. The van der Waals surface area contributed by atoms with Crippen LogP contribution >= 0.6 is 0 Å². The molecule has 0 bridgehead atoms. The quantitative estimate of drug-likeness (QED) is 0.535. The van der Waals surface area contributed by atoms with Gasteiger partial charge in [0.15, 0.2) is 0 Å². The molecule has 0 heterocycles. The molecule has 0 amide bonds. The molecule has 3 heteroatoms. The van der Waals surface area contributed by atoms with Gasteiger partial charge in [0, 0.05) is 0 Å². The average Bonchev–Trinajstić information content (AvgIpc) is 3.01. The summed E-state index contributed by atoms with van der Waals surface area (Å²) in [5, 5.41) is 3.74. The first-order valence-corrected chi connectivity index (χ1v) is 13.7. The van der Waals surface area contributed by atoms with Crippen molar-refractivity contribution >= 4 is 43.5 Å². The van der Waals surface area contributed by atoms with Gasteiger partial charge in [0.25, 0.3) is 0 Å². The molecule has 4 aliphatic rings. The summed E-state index contributed by atoms with van der Waals surface area (Å²) >= 11 is 4.97. The predicted octanol–water partition coefficient (Wildman–Crippen LogP) is 6.09. The zero-order valence-corrected chi connectivity index (χ0v) is 18.3. The van der Waals surface area contributed by atoms with E-state index in [0.717, 1.165) is 9.18 Å². The molecule has 0 aromatic rings. The third-order valence-corrected chi connectivity index (χ3v) is 11.9. The second-order valence-electron chi connectivity index (χ2n) is 9.61. The zero-order chi connectivity index (χ0) is 17.9. The van der Waals surface area contributed by atoms with Crippen molar-refractivity contribution in [2.24, 2.45) is 0 Å². The van der Waals surface area contributed by atoms with Crippen LogP contribution in [0.5, 0.6) is 0 Å². The topological polar surface area (TPSA) is 0 Å². The monoisotopic (exact) mass is 336 g/mol. The third kappa shape index (κ3) is 2.77. The predicted molar refractivity (Wildman–Crippen MR) is 113 cm³/mol. The van der Waals surface area contributed by atoms with Crippen LogP contribution in [-0.4, -0.2) is 43.5 Å². The van der Waals surface area contributed by atoms with Crippen molar-refractivity contribution in [3.8, 4) is 0 Å². The minimum absolute atomic E-state index is 0.719. The van der Waals surface area contributed by atoms with E-state index >= 15 is 0 Å². The fourth-order valence-corrected chi connectivity index (χ4v) is 11.4. The van der Waals surface area contributed by atoms with Crippen molar-refractivity contribution in [2.45, 2.75) is 87.5 Å². The number of rotatable bonds is 2. The first kappa shape index (κ1) is 18.7. The van der Waals surface area contributed by atoms with Gasteiger partial charge in [-0.2, -0.15) is 0 Å². The van der Waals surface area contributed by atoms with E-state index in [-0.39, 0.29) is 0 Å². The Morgan fingerprint density at radius 1 is 0.680 bits per heavy atom. The molecule has 2 atom stereocenters. The van der Waals surface area contributed by atoms with E-state index in [1.807, 2.05) is 32.7 Å². The Morgan fingerprint density at radius 2 is 1.04 bits per heavy atom. The first-order valence-electron chi connectivity index (χ1n) is 10.7. The molecule has 0 aliphatic heterocycles. The Labute approximate surface area is 174 Å². The van der Waals surface area contributed by atoms with E-state index in [9.17, 15) is 0 Å². The number of hydrogen-bond donors (Lipinski definition) is 0. The molecule has 0 saturated carbocycles. The molecule has 124 valence electrons. The Balaban J connectivity index is 1.85. The molecule has 2 unspecified atom stereocenters. The van der Waals surface area contributed by atoms with Gasteiger partial charge in [0.2, 0.25) is 0 Å². The van der Waals surface area contributed by atoms with E-state index in [0.29, 0.717) is 0 Å². The summed E-state index contributed by atoms with van der Waals surface area (Å²) in [6.07, 6.45) is 11.1. The molecule has 4 aliphatic carbocycles. The summed E-state index contributed by atoms with van der Waals surface area (Å²) in [6.45, 7) is 10.3. The van der Waals surface area contributed by atoms with E-state index in [4.69, 9.17) is 0 Å². The fourth-order valence-electron chi connectivity index (χ4n) is 6.68. The van der Waals surface area contributed by atoms with Gasteiger partial charge >= 0.3 is 175 Å². The van der Waals surface area contributed by atoms with Crippen LogP contribution in [-0.2, 0) is 0 Å². The molecular weight excluding hydrogens is 306 g/mol. The molecule has 4 rings (SSSR count). The number of allylic oxidation sites excluding steroid dienone is 8. The van der Waals surface area contributed by atoms with Crippen molar-refractivity contribution in [1.82, 2.24) is 0 Å². The van der Waals surface area contributed by atoms with Gasteiger partial charge in [0.1, 0.15) is 0 Å². The summed E-state index contributed by atoms with van der Waals surface area (Å²) in [7, 11) is -1.62. The second-order valence-corrected chi connectivity index (χ2v) is 13.9. The summed E-state index contributed by atoms with van der Waals surface area (Å²) in [6, 6.07) is 0. The summed E-state index contributed by atoms with van der Waals surface area (Å²) in [5.74, 6) is 0. The molecule has 25 heavy (non-hydrogen) atoms. The molecule has 0 saturated heterocycles. The Hall–Kier alpha value is 0.372. The van der Waals surface area contributed by atoms with Crippen molar-refractivity contribution in [3.63, 3.8) is 0 Å². The van der Waals surface area contributed by atoms with Crippen LogP contribution in [0.2, 0.25) is 22.3 Å². The van der Waals surface area contributed by atoms with Crippen LogP contribution in [0.15, 0.2) is 43.8 Å². The molecule has 0 nitrogen and oxygen atoms in total. The van der Waals surface area contributed by atoms with Crippen molar-refractivity contribution in [1.29, 1.82) is 0 Å². The van der Waals surface area contributed by atoms with Crippen LogP contribution in [0.4, 0.5) is 0 Å². The average molecular weight is 336 g/mol. The van der Waals surface area contributed by atoms with E-state index in [2.05, 4.69) is 62.4 Å². The SMILES string of the molecule is [Li][CH]1C(C)=C([Si](C)(C)C2=C(C)[CH]([Li])C3=C2CCCC3)C2=C1CCCC2. The number of hydrogen-bond acceptors (Lipinski definition) is 0. The summed E-state index contributed by atoms with van der Waals surface area (Å²) < 4.78 is 1.44. The van der Waals surface area contributed by atoms with Crippen LogP contribution in [0.25, 0.3) is 0 Å². The van der Waals surface area contributed by atoms with Gasteiger partial charge in [-0.1, -0.05) is 0 Å². The van der Waals surface area contributed by atoms with Gasteiger partial charge in [0.05, 0.1) is 0 Å². The molecule has 0 aromatic carbocycles. The van der Waals surface area contributed by atoms with Gasteiger partial charge < -0.3 is 0 Å². The maximum absolute atomic E-state index is 2.68. The molecular formula is C22H30Li2Si. The van der Waals surface area contributed by atoms with Crippen LogP contribution in [0.1, 0.15) is 65.2 Å². The van der Waals surface area contributed by atoms with Crippen molar-refractivity contribution in [3.05, 3.63) is 43.8 Å². The van der Waals surface area contributed by atoms with Crippen LogP contribution in [0, 0.1) is 0 Å². The Kier molecular flexibility index (Phi) is 5.06. The van der Waals surface area contributed by atoms with Gasteiger partial charge in [-0.05, 0) is 0 Å². The van der Waals surface area contributed by atoms with Crippen molar-refractivity contribution < 1.29 is 0 Å². The third-order valence-electron chi connectivity index (χ3n) is 8.01. The van der Waals surface area contributed by atoms with Gasteiger partial charge in [-0.25, -0.2) is 0 Å².